The lowest BCUT2D eigenvalue weighted by molar-refractivity contribution is 0.0593. The number of carbonyl (C=O) groups is 1. The lowest BCUT2D eigenvalue weighted by Crippen LogP contribution is -2.35. The van der Waals surface area contributed by atoms with E-state index in [1.807, 2.05) is 12.1 Å². The van der Waals surface area contributed by atoms with E-state index in [1.54, 1.807) is 6.07 Å². The summed E-state index contributed by atoms with van der Waals surface area (Å²) in [6, 6.07) is 5.47. The third kappa shape index (κ3) is 3.75. The van der Waals surface area contributed by atoms with Crippen LogP contribution in [0.4, 0.5) is 0 Å². The summed E-state index contributed by atoms with van der Waals surface area (Å²) in [6.07, 6.45) is 2.29. The van der Waals surface area contributed by atoms with Crippen molar-refractivity contribution in [1.29, 1.82) is 0 Å². The fourth-order valence-corrected chi connectivity index (χ4v) is 2.40. The molecule has 1 aliphatic rings. The van der Waals surface area contributed by atoms with Crippen LogP contribution in [0.1, 0.15) is 29.0 Å². The Labute approximate surface area is 113 Å². The highest BCUT2D eigenvalue weighted by Gasteiger charge is 2.18. The number of likely N-dealkylation sites (tertiary alicyclic amines) is 1. The van der Waals surface area contributed by atoms with Crippen molar-refractivity contribution >= 4 is 5.97 Å². The molecule has 0 unspecified atom stereocenters. The number of nitrogens with zero attached hydrogens (tertiary/aromatic N) is 2. The van der Waals surface area contributed by atoms with Gasteiger partial charge in [0.25, 0.3) is 0 Å². The molecule has 5 heteroatoms. The number of rotatable bonds is 4. The maximum atomic E-state index is 11.4. The fraction of sp³-hybridized carbons (Fsp3) is 0.571. The van der Waals surface area contributed by atoms with Crippen molar-refractivity contribution in [3.05, 3.63) is 29.6 Å². The summed E-state index contributed by atoms with van der Waals surface area (Å²) >= 11 is 0. The first-order valence-corrected chi connectivity index (χ1v) is 6.69. The van der Waals surface area contributed by atoms with Gasteiger partial charge in [-0.3, -0.25) is 4.90 Å². The summed E-state index contributed by atoms with van der Waals surface area (Å²) in [7, 11) is 1.37. The molecule has 104 valence electrons. The van der Waals surface area contributed by atoms with Gasteiger partial charge in [0.15, 0.2) is 0 Å². The molecule has 2 heterocycles. The highest BCUT2D eigenvalue weighted by Crippen LogP contribution is 2.17. The predicted octanol–water partition coefficient (Wildman–Crippen LogP) is 1.04. The number of hydrogen-bond donors (Lipinski definition) is 1. The topological polar surface area (TPSA) is 68.5 Å². The van der Waals surface area contributed by atoms with Gasteiger partial charge in [0, 0.05) is 6.54 Å². The molecule has 0 atom stereocenters. The standard InChI is InChI=1S/C14H21N3O2/c1-19-14(18)13-4-2-3-12(16-13)10-17-7-5-11(9-15)6-8-17/h2-4,11H,5-10,15H2,1H3. The fourth-order valence-electron chi connectivity index (χ4n) is 2.40. The van der Waals surface area contributed by atoms with Crippen LogP contribution in [0.15, 0.2) is 18.2 Å². The number of piperidine rings is 1. The highest BCUT2D eigenvalue weighted by molar-refractivity contribution is 5.87. The Bertz CT molecular complexity index is 428. The summed E-state index contributed by atoms with van der Waals surface area (Å²) in [6.45, 7) is 3.66. The molecule has 1 aromatic heterocycles. The Hall–Kier alpha value is -1.46. The highest BCUT2D eigenvalue weighted by atomic mass is 16.5. The lowest BCUT2D eigenvalue weighted by atomic mass is 9.97. The van der Waals surface area contributed by atoms with Gasteiger partial charge in [-0.2, -0.15) is 0 Å². The SMILES string of the molecule is COC(=O)c1cccc(CN2CCC(CN)CC2)n1. The van der Waals surface area contributed by atoms with Gasteiger partial charge < -0.3 is 10.5 Å². The molecule has 1 aliphatic heterocycles. The summed E-state index contributed by atoms with van der Waals surface area (Å²) in [5.74, 6) is 0.273. The average molecular weight is 263 g/mol. The van der Waals surface area contributed by atoms with E-state index in [-0.39, 0.29) is 5.97 Å². The number of ether oxygens (including phenoxy) is 1. The van der Waals surface area contributed by atoms with Crippen molar-refractivity contribution in [3.8, 4) is 0 Å². The Morgan fingerprint density at radius 3 is 2.84 bits per heavy atom. The van der Waals surface area contributed by atoms with Gasteiger partial charge in [0.1, 0.15) is 5.69 Å². The summed E-state index contributed by atoms with van der Waals surface area (Å²) < 4.78 is 4.68. The molecule has 2 N–H and O–H groups in total. The van der Waals surface area contributed by atoms with E-state index >= 15 is 0 Å². The molecule has 0 bridgehead atoms. The van der Waals surface area contributed by atoms with Crippen LogP contribution in [0.2, 0.25) is 0 Å². The summed E-state index contributed by atoms with van der Waals surface area (Å²) in [5.41, 5.74) is 6.97. The zero-order valence-corrected chi connectivity index (χ0v) is 11.3. The number of carbonyl (C=O) groups excluding carboxylic acids is 1. The molecule has 1 fully saturated rings. The van der Waals surface area contributed by atoms with Crippen LogP contribution in [0.3, 0.4) is 0 Å². The lowest BCUT2D eigenvalue weighted by Gasteiger charge is -2.31. The van der Waals surface area contributed by atoms with Crippen LogP contribution >= 0.6 is 0 Å². The maximum Gasteiger partial charge on any atom is 0.356 e. The van der Waals surface area contributed by atoms with Crippen LogP contribution in [0.25, 0.3) is 0 Å². The monoisotopic (exact) mass is 263 g/mol. The minimum atomic E-state index is -0.385. The molecule has 0 amide bonds. The van der Waals surface area contributed by atoms with E-state index in [0.717, 1.165) is 44.7 Å². The molecule has 0 aliphatic carbocycles. The molecule has 1 saturated heterocycles. The van der Waals surface area contributed by atoms with Crippen LogP contribution in [-0.2, 0) is 11.3 Å². The first kappa shape index (κ1) is 14.0. The molecule has 0 saturated carbocycles. The van der Waals surface area contributed by atoms with Crippen molar-refractivity contribution in [2.45, 2.75) is 19.4 Å². The minimum Gasteiger partial charge on any atom is -0.464 e. The molecular formula is C14H21N3O2. The van der Waals surface area contributed by atoms with Gasteiger partial charge in [-0.15, -0.1) is 0 Å². The molecule has 0 aromatic carbocycles. The van der Waals surface area contributed by atoms with Gasteiger partial charge in [0.05, 0.1) is 12.8 Å². The van der Waals surface area contributed by atoms with Crippen LogP contribution in [0.5, 0.6) is 0 Å². The van der Waals surface area contributed by atoms with Crippen molar-refractivity contribution in [2.75, 3.05) is 26.7 Å². The van der Waals surface area contributed by atoms with Crippen molar-refractivity contribution in [3.63, 3.8) is 0 Å². The summed E-state index contributed by atoms with van der Waals surface area (Å²) in [4.78, 5) is 18.1. The molecule has 19 heavy (non-hydrogen) atoms. The van der Waals surface area contributed by atoms with E-state index in [4.69, 9.17) is 5.73 Å². The number of hydrogen-bond acceptors (Lipinski definition) is 5. The maximum absolute atomic E-state index is 11.4. The van der Waals surface area contributed by atoms with Gasteiger partial charge in [-0.25, -0.2) is 9.78 Å². The minimum absolute atomic E-state index is 0.372. The zero-order valence-electron chi connectivity index (χ0n) is 11.3. The van der Waals surface area contributed by atoms with Crippen LogP contribution in [-0.4, -0.2) is 42.6 Å². The van der Waals surface area contributed by atoms with E-state index in [1.165, 1.54) is 7.11 Å². The second-order valence-electron chi connectivity index (χ2n) is 4.96. The number of aromatic nitrogens is 1. The molecular weight excluding hydrogens is 242 g/mol. The third-order valence-electron chi connectivity index (χ3n) is 3.63. The molecule has 5 nitrogen and oxygen atoms in total. The normalized spacial score (nSPS) is 17.4. The van der Waals surface area contributed by atoms with Crippen LogP contribution in [0, 0.1) is 5.92 Å². The van der Waals surface area contributed by atoms with E-state index < -0.39 is 0 Å². The average Bonchev–Trinajstić information content (AvgIpc) is 2.47. The predicted molar refractivity (Wildman–Crippen MR) is 72.6 cm³/mol. The quantitative estimate of drug-likeness (QED) is 0.822. The van der Waals surface area contributed by atoms with Gasteiger partial charge in [-0.1, -0.05) is 6.07 Å². The number of esters is 1. The largest absolute Gasteiger partial charge is 0.464 e. The van der Waals surface area contributed by atoms with Crippen LogP contribution < -0.4 is 5.73 Å². The van der Waals surface area contributed by atoms with Crippen molar-refractivity contribution < 1.29 is 9.53 Å². The van der Waals surface area contributed by atoms with E-state index in [9.17, 15) is 4.79 Å². The van der Waals surface area contributed by atoms with Crippen molar-refractivity contribution in [2.24, 2.45) is 11.7 Å². The Balaban J connectivity index is 1.94. The Morgan fingerprint density at radius 1 is 1.47 bits per heavy atom. The third-order valence-corrected chi connectivity index (χ3v) is 3.63. The number of methoxy groups -OCH3 is 1. The van der Waals surface area contributed by atoms with Crippen molar-refractivity contribution in [1.82, 2.24) is 9.88 Å². The second kappa shape index (κ2) is 6.63. The van der Waals surface area contributed by atoms with Gasteiger partial charge in [0.2, 0.25) is 0 Å². The summed E-state index contributed by atoms with van der Waals surface area (Å²) in [5, 5.41) is 0. The molecule has 2 rings (SSSR count). The Morgan fingerprint density at radius 2 is 2.21 bits per heavy atom. The molecule has 1 aromatic rings. The number of pyridine rings is 1. The zero-order chi connectivity index (χ0) is 13.7. The van der Waals surface area contributed by atoms with E-state index in [2.05, 4.69) is 14.6 Å². The van der Waals surface area contributed by atoms with Gasteiger partial charge in [-0.05, 0) is 50.5 Å². The first-order valence-electron chi connectivity index (χ1n) is 6.69. The smallest absolute Gasteiger partial charge is 0.356 e. The number of nitrogens with two attached hydrogens (primary N) is 1. The first-order chi connectivity index (χ1) is 9.22. The molecule has 0 radical (unpaired) electrons. The molecule has 0 spiro atoms. The van der Waals surface area contributed by atoms with E-state index in [0.29, 0.717) is 11.6 Å². The van der Waals surface area contributed by atoms with Gasteiger partial charge >= 0.3 is 5.97 Å². The second-order valence-corrected chi connectivity index (χ2v) is 4.96. The Kier molecular flexibility index (Phi) is 4.87.